The molecule has 0 bridgehead atoms. The fourth-order valence-corrected chi connectivity index (χ4v) is 1.48. The van der Waals surface area contributed by atoms with Crippen molar-refractivity contribution < 1.29 is 14.6 Å². The molecule has 0 saturated heterocycles. The van der Waals surface area contributed by atoms with E-state index in [1.165, 1.54) is 0 Å². The Bertz CT molecular complexity index is 192. The minimum Gasteiger partial charge on any atom is -0.396 e. The number of carbonyl (C=O) groups excluding carboxylic acids is 1. The van der Waals surface area contributed by atoms with Gasteiger partial charge in [0.05, 0.1) is 18.7 Å². The Morgan fingerprint density at radius 2 is 2.12 bits per heavy atom. The number of amides is 1. The predicted octanol–water partition coefficient (Wildman–Crippen LogP) is -0.127. The number of hydrogen-bond donors (Lipinski definition) is 3. The summed E-state index contributed by atoms with van der Waals surface area (Å²) in [4.78, 5) is 11.7. The molecule has 5 heteroatoms. The molecular formula is C11H24N2O3. The minimum absolute atomic E-state index is 0.0216. The molecule has 0 aliphatic rings. The van der Waals surface area contributed by atoms with E-state index in [0.717, 1.165) is 0 Å². The van der Waals surface area contributed by atoms with Crippen LogP contribution < -0.4 is 11.1 Å². The molecule has 96 valence electrons. The second-order valence-corrected chi connectivity index (χ2v) is 4.41. The van der Waals surface area contributed by atoms with Crippen molar-refractivity contribution in [1.29, 1.82) is 0 Å². The summed E-state index contributed by atoms with van der Waals surface area (Å²) in [6.07, 6.45) is 1.14. The first kappa shape index (κ1) is 15.3. The van der Waals surface area contributed by atoms with Gasteiger partial charge in [-0.15, -0.1) is 0 Å². The molecule has 5 nitrogen and oxygen atoms in total. The molecule has 0 spiro atoms. The van der Waals surface area contributed by atoms with Crippen molar-refractivity contribution in [2.45, 2.75) is 38.8 Å². The van der Waals surface area contributed by atoms with Crippen molar-refractivity contribution in [3.8, 4) is 0 Å². The lowest BCUT2D eigenvalue weighted by atomic mass is 10.0. The van der Waals surface area contributed by atoms with E-state index < -0.39 is 6.04 Å². The second-order valence-electron chi connectivity index (χ2n) is 4.41. The molecule has 0 aromatic heterocycles. The number of carbonyl (C=O) groups is 1. The highest BCUT2D eigenvalue weighted by atomic mass is 16.5. The van der Waals surface area contributed by atoms with Gasteiger partial charge in [-0.25, -0.2) is 0 Å². The Labute approximate surface area is 97.3 Å². The Morgan fingerprint density at radius 3 is 2.56 bits per heavy atom. The predicted molar refractivity (Wildman–Crippen MR) is 62.9 cm³/mol. The minimum atomic E-state index is -0.488. The zero-order chi connectivity index (χ0) is 12.6. The van der Waals surface area contributed by atoms with Crippen molar-refractivity contribution in [1.82, 2.24) is 5.32 Å². The van der Waals surface area contributed by atoms with Crippen LogP contribution in [0.2, 0.25) is 0 Å². The smallest absolute Gasteiger partial charge is 0.237 e. The third-order valence-corrected chi connectivity index (χ3v) is 2.25. The van der Waals surface area contributed by atoms with Crippen LogP contribution in [0, 0.1) is 5.92 Å². The molecule has 0 rings (SSSR count). The fraction of sp³-hybridized carbons (Fsp3) is 0.909. The maximum atomic E-state index is 11.7. The zero-order valence-corrected chi connectivity index (χ0v) is 10.4. The molecule has 1 amide bonds. The summed E-state index contributed by atoms with van der Waals surface area (Å²) in [5, 5.41) is 11.6. The lowest BCUT2D eigenvalue weighted by molar-refractivity contribution is -0.123. The van der Waals surface area contributed by atoms with Crippen LogP contribution in [0.15, 0.2) is 0 Å². The topological polar surface area (TPSA) is 84.6 Å². The molecule has 0 aliphatic carbocycles. The summed E-state index contributed by atoms with van der Waals surface area (Å²) < 4.78 is 4.95. The second kappa shape index (κ2) is 8.50. The zero-order valence-electron chi connectivity index (χ0n) is 10.4. The molecule has 2 atom stereocenters. The van der Waals surface area contributed by atoms with Crippen molar-refractivity contribution >= 4 is 5.91 Å². The highest BCUT2D eigenvalue weighted by Gasteiger charge is 2.18. The number of rotatable bonds is 8. The van der Waals surface area contributed by atoms with Crippen LogP contribution in [0.4, 0.5) is 0 Å². The normalized spacial score (nSPS) is 14.9. The number of nitrogens with one attached hydrogen (secondary N) is 1. The highest BCUT2D eigenvalue weighted by Crippen LogP contribution is 2.03. The number of ether oxygens (including phenoxy) is 1. The molecular weight excluding hydrogens is 208 g/mol. The largest absolute Gasteiger partial charge is 0.396 e. The van der Waals surface area contributed by atoms with Gasteiger partial charge in [-0.05, 0) is 18.8 Å². The lowest BCUT2D eigenvalue weighted by Crippen LogP contribution is -2.47. The van der Waals surface area contributed by atoms with Crippen molar-refractivity contribution in [2.75, 3.05) is 20.3 Å². The first-order chi connectivity index (χ1) is 7.51. The van der Waals surface area contributed by atoms with Crippen LogP contribution >= 0.6 is 0 Å². The molecule has 0 aromatic rings. The van der Waals surface area contributed by atoms with E-state index in [1.807, 2.05) is 13.8 Å². The molecule has 1 unspecified atom stereocenters. The third-order valence-electron chi connectivity index (χ3n) is 2.25. The van der Waals surface area contributed by atoms with E-state index in [2.05, 4.69) is 5.32 Å². The number of nitrogens with two attached hydrogens (primary N) is 1. The first-order valence-corrected chi connectivity index (χ1v) is 5.67. The molecule has 0 aliphatic heterocycles. The van der Waals surface area contributed by atoms with Gasteiger partial charge in [0.1, 0.15) is 0 Å². The Kier molecular flexibility index (Phi) is 8.15. The van der Waals surface area contributed by atoms with Crippen LogP contribution in [0.3, 0.4) is 0 Å². The van der Waals surface area contributed by atoms with Crippen molar-refractivity contribution in [2.24, 2.45) is 11.7 Å². The van der Waals surface area contributed by atoms with Crippen molar-refractivity contribution in [3.05, 3.63) is 0 Å². The third kappa shape index (κ3) is 6.76. The molecule has 0 fully saturated rings. The monoisotopic (exact) mass is 232 g/mol. The van der Waals surface area contributed by atoms with E-state index in [0.29, 0.717) is 25.4 Å². The maximum absolute atomic E-state index is 11.7. The summed E-state index contributed by atoms with van der Waals surface area (Å²) >= 11 is 0. The average Bonchev–Trinajstić information content (AvgIpc) is 2.17. The fourth-order valence-electron chi connectivity index (χ4n) is 1.48. The van der Waals surface area contributed by atoms with Crippen LogP contribution in [-0.4, -0.2) is 43.4 Å². The molecule has 0 radical (unpaired) electrons. The SMILES string of the molecule is COCC(CCO)NC(=O)[C@@H](N)CC(C)C. The standard InChI is InChI=1S/C11H24N2O3/c1-8(2)6-10(12)11(15)13-9(4-5-14)7-16-3/h8-10,14H,4-7,12H2,1-3H3,(H,13,15)/t9?,10-/m0/s1. The number of aliphatic hydroxyl groups is 1. The lowest BCUT2D eigenvalue weighted by Gasteiger charge is -2.20. The van der Waals surface area contributed by atoms with Crippen LogP contribution in [-0.2, 0) is 9.53 Å². The van der Waals surface area contributed by atoms with Gasteiger partial charge in [0.2, 0.25) is 5.91 Å². The van der Waals surface area contributed by atoms with Crippen molar-refractivity contribution in [3.63, 3.8) is 0 Å². The van der Waals surface area contributed by atoms with E-state index in [4.69, 9.17) is 15.6 Å². The van der Waals surface area contributed by atoms with Gasteiger partial charge in [-0.3, -0.25) is 4.79 Å². The molecule has 0 saturated carbocycles. The van der Waals surface area contributed by atoms with Crippen LogP contribution in [0.1, 0.15) is 26.7 Å². The Balaban J connectivity index is 4.06. The van der Waals surface area contributed by atoms with Gasteiger partial charge in [-0.1, -0.05) is 13.8 Å². The van der Waals surface area contributed by atoms with Gasteiger partial charge >= 0.3 is 0 Å². The van der Waals surface area contributed by atoms with Gasteiger partial charge < -0.3 is 20.9 Å². The van der Waals surface area contributed by atoms with E-state index in [1.54, 1.807) is 7.11 Å². The Morgan fingerprint density at radius 1 is 1.50 bits per heavy atom. The van der Waals surface area contributed by atoms with E-state index in [9.17, 15) is 4.79 Å². The molecule has 0 heterocycles. The van der Waals surface area contributed by atoms with Gasteiger partial charge in [-0.2, -0.15) is 0 Å². The molecule has 0 aromatic carbocycles. The maximum Gasteiger partial charge on any atom is 0.237 e. The highest BCUT2D eigenvalue weighted by molar-refractivity contribution is 5.81. The average molecular weight is 232 g/mol. The van der Waals surface area contributed by atoms with E-state index >= 15 is 0 Å². The summed E-state index contributed by atoms with van der Waals surface area (Å²) in [5.74, 6) is 0.212. The number of aliphatic hydroxyl groups excluding tert-OH is 1. The summed E-state index contributed by atoms with van der Waals surface area (Å²) in [7, 11) is 1.56. The van der Waals surface area contributed by atoms with Crippen LogP contribution in [0.5, 0.6) is 0 Å². The van der Waals surface area contributed by atoms with Gasteiger partial charge in [0, 0.05) is 13.7 Å². The van der Waals surface area contributed by atoms with Gasteiger partial charge in [0.25, 0.3) is 0 Å². The van der Waals surface area contributed by atoms with E-state index in [-0.39, 0.29) is 18.6 Å². The number of methoxy groups -OCH3 is 1. The quantitative estimate of drug-likeness (QED) is 0.544. The molecule has 4 N–H and O–H groups in total. The first-order valence-electron chi connectivity index (χ1n) is 5.67. The number of hydrogen-bond acceptors (Lipinski definition) is 4. The summed E-state index contributed by atoms with van der Waals surface area (Å²) in [6.45, 7) is 4.45. The Hall–Kier alpha value is -0.650. The summed E-state index contributed by atoms with van der Waals surface area (Å²) in [5.41, 5.74) is 5.74. The van der Waals surface area contributed by atoms with Gasteiger partial charge in [0.15, 0.2) is 0 Å². The summed E-state index contributed by atoms with van der Waals surface area (Å²) in [6, 6.07) is -0.654. The molecule has 16 heavy (non-hydrogen) atoms. The van der Waals surface area contributed by atoms with Crippen LogP contribution in [0.25, 0.3) is 0 Å².